The predicted molar refractivity (Wildman–Crippen MR) is 77.0 cm³/mol. The van der Waals surface area contributed by atoms with E-state index in [-0.39, 0.29) is 24.4 Å². The Morgan fingerprint density at radius 1 is 1.36 bits per heavy atom. The first kappa shape index (κ1) is 15.0. The SMILES string of the molecule is CC(C)[C@H]1OCC[C@H]1c1nc(COc2ccccc2F)no1. The van der Waals surface area contributed by atoms with E-state index in [9.17, 15) is 4.39 Å². The van der Waals surface area contributed by atoms with Crippen molar-refractivity contribution in [2.24, 2.45) is 5.92 Å². The van der Waals surface area contributed by atoms with E-state index in [0.717, 1.165) is 6.42 Å². The van der Waals surface area contributed by atoms with Gasteiger partial charge in [0, 0.05) is 6.61 Å². The average Bonchev–Trinajstić information content (AvgIpc) is 3.15. The van der Waals surface area contributed by atoms with Gasteiger partial charge < -0.3 is 14.0 Å². The predicted octanol–water partition coefficient (Wildman–Crippen LogP) is 3.32. The molecule has 0 bridgehead atoms. The maximum Gasteiger partial charge on any atom is 0.232 e. The lowest BCUT2D eigenvalue weighted by Gasteiger charge is -2.18. The molecule has 0 radical (unpaired) electrons. The van der Waals surface area contributed by atoms with Crippen LogP contribution in [0.3, 0.4) is 0 Å². The molecule has 6 heteroatoms. The third-order valence-electron chi connectivity index (χ3n) is 3.79. The van der Waals surface area contributed by atoms with Crippen molar-refractivity contribution in [3.05, 3.63) is 41.8 Å². The summed E-state index contributed by atoms with van der Waals surface area (Å²) in [6, 6.07) is 6.24. The first-order chi connectivity index (χ1) is 10.6. The molecule has 3 rings (SSSR count). The highest BCUT2D eigenvalue weighted by Gasteiger charge is 2.35. The van der Waals surface area contributed by atoms with E-state index in [2.05, 4.69) is 24.0 Å². The summed E-state index contributed by atoms with van der Waals surface area (Å²) in [6.45, 7) is 5.00. The van der Waals surface area contributed by atoms with E-state index in [1.807, 2.05) is 0 Å². The number of rotatable bonds is 5. The third kappa shape index (κ3) is 3.11. The zero-order valence-corrected chi connectivity index (χ0v) is 12.7. The van der Waals surface area contributed by atoms with Crippen LogP contribution in [0.15, 0.2) is 28.8 Å². The van der Waals surface area contributed by atoms with Crippen molar-refractivity contribution in [3.63, 3.8) is 0 Å². The van der Waals surface area contributed by atoms with Crippen LogP contribution in [-0.4, -0.2) is 22.9 Å². The van der Waals surface area contributed by atoms with Gasteiger partial charge in [0.15, 0.2) is 18.2 Å². The van der Waals surface area contributed by atoms with Gasteiger partial charge in [-0.15, -0.1) is 0 Å². The first-order valence-corrected chi connectivity index (χ1v) is 7.46. The van der Waals surface area contributed by atoms with Gasteiger partial charge >= 0.3 is 0 Å². The van der Waals surface area contributed by atoms with Crippen LogP contribution in [0.2, 0.25) is 0 Å². The van der Waals surface area contributed by atoms with Crippen LogP contribution in [-0.2, 0) is 11.3 Å². The zero-order valence-electron chi connectivity index (χ0n) is 12.7. The van der Waals surface area contributed by atoms with E-state index in [0.29, 0.717) is 24.2 Å². The zero-order chi connectivity index (χ0) is 15.5. The molecular weight excluding hydrogens is 287 g/mol. The second kappa shape index (κ2) is 6.44. The second-order valence-corrected chi connectivity index (χ2v) is 5.74. The fourth-order valence-electron chi connectivity index (χ4n) is 2.71. The Bertz CT molecular complexity index is 629. The van der Waals surface area contributed by atoms with Gasteiger partial charge in [0.2, 0.25) is 11.7 Å². The second-order valence-electron chi connectivity index (χ2n) is 5.74. The maximum atomic E-state index is 13.5. The number of halogens is 1. The molecular formula is C16H19FN2O3. The fraction of sp³-hybridized carbons (Fsp3) is 0.500. The van der Waals surface area contributed by atoms with Gasteiger partial charge in [0.05, 0.1) is 12.0 Å². The summed E-state index contributed by atoms with van der Waals surface area (Å²) in [7, 11) is 0. The van der Waals surface area contributed by atoms with Crippen LogP contribution in [0.25, 0.3) is 0 Å². The smallest absolute Gasteiger partial charge is 0.232 e. The maximum absolute atomic E-state index is 13.5. The quantitative estimate of drug-likeness (QED) is 0.848. The fourth-order valence-corrected chi connectivity index (χ4v) is 2.71. The average molecular weight is 306 g/mol. The molecule has 2 aromatic rings. The monoisotopic (exact) mass is 306 g/mol. The minimum atomic E-state index is -0.407. The van der Waals surface area contributed by atoms with Gasteiger partial charge in [0.1, 0.15) is 0 Å². The van der Waals surface area contributed by atoms with Crippen LogP contribution < -0.4 is 4.74 Å². The number of aromatic nitrogens is 2. The normalized spacial score (nSPS) is 21.5. The summed E-state index contributed by atoms with van der Waals surface area (Å²) < 4.78 is 29.9. The lowest BCUT2D eigenvalue weighted by Crippen LogP contribution is -2.21. The summed E-state index contributed by atoms with van der Waals surface area (Å²) in [5.41, 5.74) is 0. The number of benzene rings is 1. The topological polar surface area (TPSA) is 57.4 Å². The van der Waals surface area contributed by atoms with Crippen molar-refractivity contribution in [1.82, 2.24) is 10.1 Å². The van der Waals surface area contributed by atoms with Gasteiger partial charge in [-0.3, -0.25) is 0 Å². The van der Waals surface area contributed by atoms with Gasteiger partial charge in [-0.2, -0.15) is 4.98 Å². The largest absolute Gasteiger partial charge is 0.482 e. The number of nitrogens with zero attached hydrogens (tertiary/aromatic N) is 2. The summed E-state index contributed by atoms with van der Waals surface area (Å²) in [5, 5.41) is 3.91. The molecule has 1 fully saturated rings. The van der Waals surface area contributed by atoms with Crippen molar-refractivity contribution in [1.29, 1.82) is 0 Å². The van der Waals surface area contributed by atoms with E-state index in [4.69, 9.17) is 14.0 Å². The van der Waals surface area contributed by atoms with Crippen LogP contribution in [0, 0.1) is 11.7 Å². The molecule has 1 aliphatic heterocycles. The lowest BCUT2D eigenvalue weighted by molar-refractivity contribution is 0.0627. The van der Waals surface area contributed by atoms with Gasteiger partial charge in [-0.25, -0.2) is 4.39 Å². The molecule has 0 spiro atoms. The Labute approximate surface area is 128 Å². The van der Waals surface area contributed by atoms with Crippen molar-refractivity contribution < 1.29 is 18.4 Å². The molecule has 0 amide bonds. The molecule has 0 aliphatic carbocycles. The van der Waals surface area contributed by atoms with E-state index in [1.54, 1.807) is 18.2 Å². The van der Waals surface area contributed by atoms with Gasteiger partial charge in [-0.1, -0.05) is 31.1 Å². The Balaban J connectivity index is 1.65. The molecule has 0 N–H and O–H groups in total. The van der Waals surface area contributed by atoms with E-state index in [1.165, 1.54) is 6.07 Å². The number of hydrogen-bond donors (Lipinski definition) is 0. The van der Waals surface area contributed by atoms with Crippen molar-refractivity contribution in [2.75, 3.05) is 6.61 Å². The summed E-state index contributed by atoms with van der Waals surface area (Å²) >= 11 is 0. The summed E-state index contributed by atoms with van der Waals surface area (Å²) in [5.74, 6) is 1.26. The molecule has 0 saturated carbocycles. The number of hydrogen-bond acceptors (Lipinski definition) is 5. The summed E-state index contributed by atoms with van der Waals surface area (Å²) in [6.07, 6.45) is 0.972. The molecule has 2 atom stereocenters. The molecule has 5 nitrogen and oxygen atoms in total. The van der Waals surface area contributed by atoms with Crippen molar-refractivity contribution in [2.45, 2.75) is 38.9 Å². The van der Waals surface area contributed by atoms with Crippen molar-refractivity contribution in [3.8, 4) is 5.75 Å². The minimum absolute atomic E-state index is 0.0738. The molecule has 1 aromatic carbocycles. The molecule has 1 saturated heterocycles. The Hall–Kier alpha value is -1.95. The van der Waals surface area contributed by atoms with Crippen molar-refractivity contribution >= 4 is 0 Å². The van der Waals surface area contributed by atoms with E-state index < -0.39 is 5.82 Å². The number of para-hydroxylation sites is 1. The standard InChI is InChI=1S/C16H19FN2O3/c1-10(2)15-11(7-8-20-15)16-18-14(19-22-16)9-21-13-6-4-3-5-12(13)17/h3-6,10-11,15H,7-9H2,1-2H3/t11-,15-/m1/s1. The molecule has 118 valence electrons. The summed E-state index contributed by atoms with van der Waals surface area (Å²) in [4.78, 5) is 4.36. The molecule has 22 heavy (non-hydrogen) atoms. The lowest BCUT2D eigenvalue weighted by atomic mass is 9.93. The Morgan fingerprint density at radius 2 is 2.18 bits per heavy atom. The Morgan fingerprint density at radius 3 is 2.95 bits per heavy atom. The van der Waals surface area contributed by atoms with Crippen LogP contribution in [0.1, 0.15) is 37.9 Å². The number of ether oxygens (including phenoxy) is 2. The molecule has 0 unspecified atom stereocenters. The molecule has 1 aromatic heterocycles. The highest BCUT2D eigenvalue weighted by Crippen LogP contribution is 2.34. The van der Waals surface area contributed by atoms with E-state index >= 15 is 0 Å². The van der Waals surface area contributed by atoms with Gasteiger partial charge in [0.25, 0.3) is 0 Å². The van der Waals surface area contributed by atoms with Crippen LogP contribution in [0.5, 0.6) is 5.75 Å². The van der Waals surface area contributed by atoms with Crippen LogP contribution >= 0.6 is 0 Å². The third-order valence-corrected chi connectivity index (χ3v) is 3.79. The molecule has 2 heterocycles. The first-order valence-electron chi connectivity index (χ1n) is 7.46. The highest BCUT2D eigenvalue weighted by molar-refractivity contribution is 5.23. The Kier molecular flexibility index (Phi) is 4.38. The van der Waals surface area contributed by atoms with Gasteiger partial charge in [-0.05, 0) is 24.5 Å². The van der Waals surface area contributed by atoms with Crippen LogP contribution in [0.4, 0.5) is 4.39 Å². The molecule has 1 aliphatic rings. The minimum Gasteiger partial charge on any atom is -0.482 e. The highest BCUT2D eigenvalue weighted by atomic mass is 19.1.